The Kier molecular flexibility index (Phi) is 11.9. The predicted octanol–water partition coefficient (Wildman–Crippen LogP) is 3.06. The highest BCUT2D eigenvalue weighted by Gasteiger charge is 2.14. The van der Waals surface area contributed by atoms with Crippen molar-refractivity contribution in [3.05, 3.63) is 46.8 Å². The van der Waals surface area contributed by atoms with Crippen molar-refractivity contribution < 1.29 is 0 Å². The molecule has 20 heavy (non-hydrogen) atoms. The van der Waals surface area contributed by atoms with Gasteiger partial charge in [0.05, 0.1) is 22.8 Å². The van der Waals surface area contributed by atoms with E-state index >= 15 is 0 Å². The number of nitrogens with one attached hydrogen (secondary N) is 2. The van der Waals surface area contributed by atoms with E-state index in [4.69, 9.17) is 22.3 Å². The molecule has 4 nitrogen and oxygen atoms in total. The van der Waals surface area contributed by atoms with Gasteiger partial charge in [0, 0.05) is 6.42 Å². The van der Waals surface area contributed by atoms with Crippen LogP contribution in [-0.2, 0) is 0 Å². The van der Waals surface area contributed by atoms with E-state index in [0.29, 0.717) is 23.5 Å². The number of rotatable bonds is 0. The molecule has 0 saturated heterocycles. The van der Waals surface area contributed by atoms with Crippen LogP contribution in [-0.4, -0.2) is 11.4 Å². The van der Waals surface area contributed by atoms with Gasteiger partial charge >= 0.3 is 0 Å². The summed E-state index contributed by atoms with van der Waals surface area (Å²) in [5, 5.41) is 15.1. The van der Waals surface area contributed by atoms with E-state index in [2.05, 4.69) is 0 Å². The van der Waals surface area contributed by atoms with Crippen molar-refractivity contribution in [3.63, 3.8) is 0 Å². The lowest BCUT2D eigenvalue weighted by Gasteiger charge is -2.17. The molecule has 2 aliphatic rings. The van der Waals surface area contributed by atoms with Crippen LogP contribution >= 0.6 is 49.6 Å². The number of hydrogen-bond donors (Lipinski definition) is 4. The van der Waals surface area contributed by atoms with Gasteiger partial charge in [-0.25, -0.2) is 0 Å². The summed E-state index contributed by atoms with van der Waals surface area (Å²) in [4.78, 5) is 0. The smallest absolute Gasteiger partial charge is 0.0751 e. The zero-order valence-corrected chi connectivity index (χ0v) is 13.8. The first-order valence-corrected chi connectivity index (χ1v) is 5.07. The van der Waals surface area contributed by atoms with E-state index in [1.54, 1.807) is 6.08 Å². The first kappa shape index (κ1) is 24.1. The van der Waals surface area contributed by atoms with Crippen LogP contribution in [0.3, 0.4) is 0 Å². The van der Waals surface area contributed by atoms with Crippen LogP contribution < -0.4 is 11.5 Å². The molecule has 0 aromatic rings. The second-order valence-corrected chi connectivity index (χ2v) is 3.92. The molecule has 2 aliphatic carbocycles. The summed E-state index contributed by atoms with van der Waals surface area (Å²) in [6.07, 6.45) is 8.52. The molecule has 0 heterocycles. The molecule has 0 radical (unpaired) electrons. The summed E-state index contributed by atoms with van der Waals surface area (Å²) in [7, 11) is 0. The van der Waals surface area contributed by atoms with Crippen LogP contribution in [0, 0.1) is 10.8 Å². The maximum absolute atomic E-state index is 7.63. The molecular weight excluding hydrogens is 342 g/mol. The average molecular weight is 360 g/mol. The van der Waals surface area contributed by atoms with E-state index in [1.165, 1.54) is 0 Å². The van der Waals surface area contributed by atoms with Crippen LogP contribution in [0.25, 0.3) is 0 Å². The molecule has 0 amide bonds. The summed E-state index contributed by atoms with van der Waals surface area (Å²) >= 11 is 0. The van der Waals surface area contributed by atoms with Crippen LogP contribution in [0.2, 0.25) is 0 Å². The molecule has 6 N–H and O–H groups in total. The minimum Gasteiger partial charge on any atom is -0.397 e. The van der Waals surface area contributed by atoms with Gasteiger partial charge in [0.15, 0.2) is 0 Å². The monoisotopic (exact) mass is 358 g/mol. The van der Waals surface area contributed by atoms with Gasteiger partial charge in [-0.15, -0.1) is 49.6 Å². The summed E-state index contributed by atoms with van der Waals surface area (Å²) in [6.45, 7) is 0. The second-order valence-electron chi connectivity index (χ2n) is 3.92. The van der Waals surface area contributed by atoms with Crippen molar-refractivity contribution in [3.8, 4) is 0 Å². The number of nitrogens with two attached hydrogens (primary N) is 2. The van der Waals surface area contributed by atoms with Crippen LogP contribution in [0.15, 0.2) is 46.8 Å². The zero-order chi connectivity index (χ0) is 11.7. The molecule has 114 valence electrons. The predicted molar refractivity (Wildman–Crippen MR) is 94.4 cm³/mol. The van der Waals surface area contributed by atoms with Gasteiger partial charge < -0.3 is 16.9 Å². The molecule has 0 aromatic carbocycles. The Hall–Kier alpha value is -0.940. The largest absolute Gasteiger partial charge is 0.397 e. The molecule has 2 rings (SSSR count). The van der Waals surface area contributed by atoms with E-state index in [1.807, 2.05) is 18.2 Å². The second kappa shape index (κ2) is 9.88. The van der Waals surface area contributed by atoms with Gasteiger partial charge in [-0.2, -0.15) is 0 Å². The first-order chi connectivity index (χ1) is 7.58. The van der Waals surface area contributed by atoms with Gasteiger partial charge in [-0.05, 0) is 29.7 Å². The average Bonchev–Trinajstić information content (AvgIpc) is 2.26. The zero-order valence-electron chi connectivity index (χ0n) is 10.5. The molecule has 0 bridgehead atoms. The number of allylic oxidation sites excluding steroid dienone is 6. The van der Waals surface area contributed by atoms with E-state index in [0.717, 1.165) is 17.6 Å². The highest BCUT2D eigenvalue weighted by atomic mass is 35.5. The number of hydrogen-bond acceptors (Lipinski definition) is 4. The third-order valence-electron chi connectivity index (χ3n) is 2.76. The Labute approximate surface area is 143 Å². The Balaban J connectivity index is -0.000000722. The Morgan fingerprint density at radius 1 is 0.850 bits per heavy atom. The van der Waals surface area contributed by atoms with Gasteiger partial charge in [0.25, 0.3) is 0 Å². The maximum Gasteiger partial charge on any atom is 0.0751 e. The van der Waals surface area contributed by atoms with Crippen molar-refractivity contribution in [1.82, 2.24) is 0 Å². The summed E-state index contributed by atoms with van der Waals surface area (Å²) in [5.41, 5.74) is 15.4. The molecular formula is C12H18Cl4N4. The lowest BCUT2D eigenvalue weighted by atomic mass is 9.90. The molecule has 0 aromatic heterocycles. The van der Waals surface area contributed by atoms with Crippen LogP contribution in [0.5, 0.6) is 0 Å². The SMILES string of the molecule is Cl.Cl.Cl.Cl.N=C1C=CC(=C2C=C(N)C(N)=CC2)CC1=N. The van der Waals surface area contributed by atoms with Crippen molar-refractivity contribution in [2.45, 2.75) is 12.8 Å². The molecule has 0 aliphatic heterocycles. The summed E-state index contributed by atoms with van der Waals surface area (Å²) in [6, 6.07) is 0. The molecule has 0 fully saturated rings. The third-order valence-corrected chi connectivity index (χ3v) is 2.76. The topological polar surface area (TPSA) is 99.7 Å². The number of halogens is 4. The minimum atomic E-state index is 0. The standard InChI is InChI=1S/C12H14N4.4ClH/c13-9-3-1-7(5-11(9)15)8-2-4-10(14)12(16)6-8;;;;/h1,3-4,6,13,15H,2,5,14,16H2;4*1H. The highest BCUT2D eigenvalue weighted by Crippen LogP contribution is 2.24. The van der Waals surface area contributed by atoms with E-state index in [-0.39, 0.29) is 55.3 Å². The van der Waals surface area contributed by atoms with Gasteiger partial charge in [-0.3, -0.25) is 5.41 Å². The van der Waals surface area contributed by atoms with Gasteiger partial charge in [-0.1, -0.05) is 12.2 Å². The molecule has 0 unspecified atom stereocenters. The highest BCUT2D eigenvalue weighted by molar-refractivity contribution is 6.45. The molecule has 0 saturated carbocycles. The van der Waals surface area contributed by atoms with Crippen LogP contribution in [0.1, 0.15) is 12.8 Å². The quantitative estimate of drug-likeness (QED) is 0.534. The fourth-order valence-electron chi connectivity index (χ4n) is 1.74. The fourth-order valence-corrected chi connectivity index (χ4v) is 1.74. The normalized spacial score (nSPS) is 20.4. The molecule has 0 atom stereocenters. The lowest BCUT2D eigenvalue weighted by molar-refractivity contribution is 1.09. The van der Waals surface area contributed by atoms with Gasteiger partial charge in [0.1, 0.15) is 0 Å². The third kappa shape index (κ3) is 5.21. The van der Waals surface area contributed by atoms with Crippen molar-refractivity contribution in [2.75, 3.05) is 0 Å². The summed E-state index contributed by atoms with van der Waals surface area (Å²) in [5.74, 6) is 0. The Morgan fingerprint density at radius 3 is 1.95 bits per heavy atom. The minimum absolute atomic E-state index is 0. The van der Waals surface area contributed by atoms with E-state index in [9.17, 15) is 0 Å². The van der Waals surface area contributed by atoms with Crippen molar-refractivity contribution in [1.29, 1.82) is 10.8 Å². The fraction of sp³-hybridized carbons (Fsp3) is 0.167. The first-order valence-electron chi connectivity index (χ1n) is 5.07. The van der Waals surface area contributed by atoms with Crippen molar-refractivity contribution >= 4 is 61.1 Å². The van der Waals surface area contributed by atoms with Crippen LogP contribution in [0.4, 0.5) is 0 Å². The Bertz CT molecular complexity index is 504. The summed E-state index contributed by atoms with van der Waals surface area (Å²) < 4.78 is 0. The lowest BCUT2D eigenvalue weighted by Crippen LogP contribution is -2.16. The molecule has 0 spiro atoms. The Morgan fingerprint density at radius 2 is 1.45 bits per heavy atom. The van der Waals surface area contributed by atoms with E-state index < -0.39 is 0 Å². The van der Waals surface area contributed by atoms with Gasteiger partial charge in [0.2, 0.25) is 0 Å². The maximum atomic E-state index is 7.63. The van der Waals surface area contributed by atoms with Crippen molar-refractivity contribution in [2.24, 2.45) is 11.5 Å². The molecule has 8 heteroatoms.